The molecule has 0 radical (unpaired) electrons. The summed E-state index contributed by atoms with van der Waals surface area (Å²) in [6.45, 7) is 6.73. The van der Waals surface area contributed by atoms with Crippen molar-refractivity contribution in [2.24, 2.45) is 5.92 Å². The second-order valence-electron chi connectivity index (χ2n) is 7.15. The van der Waals surface area contributed by atoms with E-state index in [1.165, 1.54) is 0 Å². The van der Waals surface area contributed by atoms with Crippen LogP contribution in [0, 0.1) is 5.92 Å². The van der Waals surface area contributed by atoms with E-state index in [1.807, 2.05) is 6.07 Å². The summed E-state index contributed by atoms with van der Waals surface area (Å²) >= 11 is 6.06. The van der Waals surface area contributed by atoms with E-state index in [0.717, 1.165) is 31.4 Å². The summed E-state index contributed by atoms with van der Waals surface area (Å²) < 4.78 is 1.76. The maximum absolute atomic E-state index is 12.7. The SMILES string of the molecule is CC1(C)[C@@H](NC(=O)c2cc3ccc(Cl)n3cn2)C2CCN1CC2. The van der Waals surface area contributed by atoms with Gasteiger partial charge in [0.05, 0.1) is 5.52 Å². The van der Waals surface area contributed by atoms with E-state index < -0.39 is 0 Å². The molecule has 5 heterocycles. The number of nitrogens with one attached hydrogen (secondary N) is 1. The highest BCUT2D eigenvalue weighted by Gasteiger charge is 2.48. The fraction of sp³-hybridized carbons (Fsp3) is 0.529. The zero-order chi connectivity index (χ0) is 16.2. The smallest absolute Gasteiger partial charge is 0.270 e. The van der Waals surface area contributed by atoms with Crippen LogP contribution in [-0.4, -0.2) is 44.9 Å². The number of hydrogen-bond acceptors (Lipinski definition) is 3. The number of rotatable bonds is 2. The van der Waals surface area contributed by atoms with Gasteiger partial charge in [0.2, 0.25) is 0 Å². The van der Waals surface area contributed by atoms with Crippen LogP contribution in [0.5, 0.6) is 0 Å². The Balaban J connectivity index is 1.59. The van der Waals surface area contributed by atoms with Gasteiger partial charge in [-0.1, -0.05) is 11.6 Å². The molecule has 0 spiro atoms. The van der Waals surface area contributed by atoms with Crippen molar-refractivity contribution in [3.8, 4) is 0 Å². The van der Waals surface area contributed by atoms with E-state index in [1.54, 1.807) is 22.9 Å². The van der Waals surface area contributed by atoms with Gasteiger partial charge in [0.1, 0.15) is 17.2 Å². The minimum Gasteiger partial charge on any atom is -0.346 e. The van der Waals surface area contributed by atoms with Crippen molar-refractivity contribution in [3.63, 3.8) is 0 Å². The summed E-state index contributed by atoms with van der Waals surface area (Å²) in [6, 6.07) is 5.65. The standard InChI is InChI=1S/C17H21ClN4O/c1-17(2)15(11-5-7-21(17)8-6-11)20-16(23)13-9-12-3-4-14(18)22(12)10-19-13/h3-4,9-11,15H,5-8H2,1-2H3,(H,20,23)/t15-/m0/s1. The maximum atomic E-state index is 12.7. The maximum Gasteiger partial charge on any atom is 0.270 e. The quantitative estimate of drug-likeness (QED) is 0.919. The fourth-order valence-corrected chi connectivity index (χ4v) is 4.40. The van der Waals surface area contributed by atoms with Gasteiger partial charge in [-0.2, -0.15) is 0 Å². The molecule has 3 saturated heterocycles. The molecule has 0 unspecified atom stereocenters. The topological polar surface area (TPSA) is 49.6 Å². The second kappa shape index (κ2) is 5.21. The van der Waals surface area contributed by atoms with Gasteiger partial charge in [0, 0.05) is 11.6 Å². The van der Waals surface area contributed by atoms with E-state index in [0.29, 0.717) is 16.8 Å². The Morgan fingerprint density at radius 1 is 1.35 bits per heavy atom. The summed E-state index contributed by atoms with van der Waals surface area (Å²) in [6.07, 6.45) is 3.93. The minimum atomic E-state index is -0.100. The molecular formula is C17H21ClN4O. The molecule has 2 aromatic heterocycles. The number of hydrogen-bond donors (Lipinski definition) is 1. The molecule has 1 N–H and O–H groups in total. The zero-order valence-corrected chi connectivity index (χ0v) is 14.2. The lowest BCUT2D eigenvalue weighted by Crippen LogP contribution is -2.69. The Morgan fingerprint density at radius 2 is 2.09 bits per heavy atom. The van der Waals surface area contributed by atoms with Crippen LogP contribution in [0.25, 0.3) is 5.52 Å². The van der Waals surface area contributed by atoms with Crippen LogP contribution in [0.1, 0.15) is 37.2 Å². The van der Waals surface area contributed by atoms with E-state index in [9.17, 15) is 4.79 Å². The summed E-state index contributed by atoms with van der Waals surface area (Å²) in [4.78, 5) is 19.4. The van der Waals surface area contributed by atoms with Crippen molar-refractivity contribution in [1.29, 1.82) is 0 Å². The number of carbonyl (C=O) groups is 1. The highest BCUT2D eigenvalue weighted by molar-refractivity contribution is 6.30. The van der Waals surface area contributed by atoms with Gasteiger partial charge < -0.3 is 5.32 Å². The normalized spacial score (nSPS) is 28.9. The molecule has 3 aliphatic rings. The van der Waals surface area contributed by atoms with Gasteiger partial charge in [-0.05, 0) is 63.9 Å². The zero-order valence-electron chi connectivity index (χ0n) is 13.4. The third kappa shape index (κ3) is 2.34. The molecule has 1 amide bonds. The molecule has 2 aromatic rings. The average molecular weight is 333 g/mol. The summed E-state index contributed by atoms with van der Waals surface area (Å²) in [5.41, 5.74) is 1.32. The van der Waals surface area contributed by atoms with E-state index >= 15 is 0 Å². The minimum absolute atomic E-state index is 0.000701. The lowest BCUT2D eigenvalue weighted by Gasteiger charge is -2.56. The molecule has 3 aliphatic heterocycles. The van der Waals surface area contributed by atoms with Crippen LogP contribution in [0.2, 0.25) is 5.15 Å². The first kappa shape index (κ1) is 15.0. The average Bonchev–Trinajstić information content (AvgIpc) is 2.92. The Hall–Kier alpha value is -1.59. The van der Waals surface area contributed by atoms with Gasteiger partial charge in [-0.25, -0.2) is 4.98 Å². The second-order valence-corrected chi connectivity index (χ2v) is 7.54. The first-order valence-corrected chi connectivity index (χ1v) is 8.53. The number of nitrogens with zero attached hydrogens (tertiary/aromatic N) is 3. The van der Waals surface area contributed by atoms with Gasteiger partial charge in [0.25, 0.3) is 5.91 Å². The molecule has 0 aliphatic carbocycles. The lowest BCUT2D eigenvalue weighted by molar-refractivity contribution is -0.0378. The largest absolute Gasteiger partial charge is 0.346 e. The molecular weight excluding hydrogens is 312 g/mol. The first-order valence-electron chi connectivity index (χ1n) is 8.15. The highest BCUT2D eigenvalue weighted by atomic mass is 35.5. The van der Waals surface area contributed by atoms with Crippen LogP contribution >= 0.6 is 11.6 Å². The number of aromatic nitrogens is 2. The van der Waals surface area contributed by atoms with E-state index in [4.69, 9.17) is 11.6 Å². The monoisotopic (exact) mass is 332 g/mol. The fourth-order valence-electron chi connectivity index (χ4n) is 4.19. The Kier molecular flexibility index (Phi) is 3.39. The molecule has 5 rings (SSSR count). The Morgan fingerprint density at radius 3 is 2.78 bits per heavy atom. The number of fused-ring (bicyclic) bond motifs is 4. The molecule has 5 nitrogen and oxygen atoms in total. The summed E-state index contributed by atoms with van der Waals surface area (Å²) in [7, 11) is 0. The third-order valence-electron chi connectivity index (χ3n) is 5.60. The number of halogens is 1. The number of carbonyl (C=O) groups excluding carboxylic acids is 1. The van der Waals surface area contributed by atoms with Gasteiger partial charge in [-0.15, -0.1) is 0 Å². The van der Waals surface area contributed by atoms with Crippen molar-refractivity contribution in [2.45, 2.75) is 38.3 Å². The molecule has 0 aromatic carbocycles. The lowest BCUT2D eigenvalue weighted by atomic mass is 9.72. The van der Waals surface area contributed by atoms with Gasteiger partial charge in [-0.3, -0.25) is 14.1 Å². The third-order valence-corrected chi connectivity index (χ3v) is 5.91. The van der Waals surface area contributed by atoms with E-state index in [-0.39, 0.29) is 17.5 Å². The van der Waals surface area contributed by atoms with Crippen LogP contribution in [0.3, 0.4) is 0 Å². The Bertz CT molecular complexity index is 761. The van der Waals surface area contributed by atoms with Crippen LogP contribution in [0.15, 0.2) is 24.5 Å². The summed E-state index contributed by atoms with van der Waals surface area (Å²) in [5, 5.41) is 3.84. The first-order chi connectivity index (χ1) is 11.0. The molecule has 3 fully saturated rings. The summed E-state index contributed by atoms with van der Waals surface area (Å²) in [5.74, 6) is 0.460. The predicted octanol–water partition coefficient (Wildman–Crippen LogP) is 2.59. The van der Waals surface area contributed by atoms with Crippen molar-refractivity contribution in [1.82, 2.24) is 19.6 Å². The number of piperidine rings is 3. The van der Waals surface area contributed by atoms with Crippen LogP contribution < -0.4 is 5.32 Å². The molecule has 0 saturated carbocycles. The van der Waals surface area contributed by atoms with Crippen LogP contribution in [-0.2, 0) is 0 Å². The van der Waals surface area contributed by atoms with Crippen LogP contribution in [0.4, 0.5) is 0 Å². The highest BCUT2D eigenvalue weighted by Crippen LogP contribution is 2.39. The van der Waals surface area contributed by atoms with Gasteiger partial charge in [0.15, 0.2) is 0 Å². The Labute approximate surface area is 140 Å². The predicted molar refractivity (Wildman–Crippen MR) is 89.8 cm³/mol. The number of amides is 1. The molecule has 1 atom stereocenters. The van der Waals surface area contributed by atoms with Crippen molar-refractivity contribution in [3.05, 3.63) is 35.4 Å². The molecule has 2 bridgehead atoms. The molecule has 6 heteroatoms. The van der Waals surface area contributed by atoms with Crippen molar-refractivity contribution < 1.29 is 4.79 Å². The molecule has 23 heavy (non-hydrogen) atoms. The molecule has 122 valence electrons. The van der Waals surface area contributed by atoms with E-state index in [2.05, 4.69) is 29.0 Å². The van der Waals surface area contributed by atoms with Crippen molar-refractivity contribution in [2.75, 3.05) is 13.1 Å². The van der Waals surface area contributed by atoms with Crippen molar-refractivity contribution >= 4 is 23.0 Å². The van der Waals surface area contributed by atoms with Gasteiger partial charge >= 0.3 is 0 Å².